The van der Waals surface area contributed by atoms with Crippen molar-refractivity contribution >= 4 is 5.95 Å². The molecule has 140 valence electrons. The molecule has 27 heavy (non-hydrogen) atoms. The van der Waals surface area contributed by atoms with Gasteiger partial charge >= 0.3 is 0 Å². The first-order valence-corrected chi connectivity index (χ1v) is 9.40. The minimum atomic E-state index is 0.397. The van der Waals surface area contributed by atoms with Crippen LogP contribution in [0.2, 0.25) is 0 Å². The lowest BCUT2D eigenvalue weighted by atomic mass is 10.1. The summed E-state index contributed by atoms with van der Waals surface area (Å²) in [5, 5.41) is 7.10. The molecule has 3 aromatic rings. The molecule has 4 rings (SSSR count). The van der Waals surface area contributed by atoms with Crippen LogP contribution >= 0.6 is 0 Å². The van der Waals surface area contributed by atoms with Crippen LogP contribution in [0.1, 0.15) is 30.5 Å². The Morgan fingerprint density at radius 1 is 1.07 bits per heavy atom. The Labute approximate surface area is 158 Å². The second-order valence-corrected chi connectivity index (χ2v) is 6.93. The second-order valence-electron chi connectivity index (χ2n) is 6.93. The average Bonchev–Trinajstić information content (AvgIpc) is 3.19. The first-order valence-electron chi connectivity index (χ1n) is 9.40. The number of nitrogens with one attached hydrogen (secondary N) is 1. The monoisotopic (exact) mass is 364 g/mol. The van der Waals surface area contributed by atoms with Crippen LogP contribution in [0.25, 0.3) is 23.0 Å². The lowest BCUT2D eigenvalue weighted by Crippen LogP contribution is -2.29. The van der Waals surface area contributed by atoms with Crippen LogP contribution in [-0.4, -0.2) is 45.1 Å². The molecule has 0 amide bonds. The van der Waals surface area contributed by atoms with Gasteiger partial charge in [-0.3, -0.25) is 4.90 Å². The van der Waals surface area contributed by atoms with Crippen LogP contribution in [-0.2, 0) is 6.54 Å². The normalized spacial score (nSPS) is 15.0. The number of hydrogen-bond donors (Lipinski definition) is 1. The zero-order valence-electron chi connectivity index (χ0n) is 15.8. The Morgan fingerprint density at radius 2 is 1.93 bits per heavy atom. The molecule has 1 aromatic carbocycles. The van der Waals surface area contributed by atoms with Gasteiger partial charge in [-0.05, 0) is 50.6 Å². The van der Waals surface area contributed by atoms with Gasteiger partial charge in [0, 0.05) is 24.8 Å². The third-order valence-corrected chi connectivity index (χ3v) is 4.76. The summed E-state index contributed by atoms with van der Waals surface area (Å²) in [6, 6.07) is 10.2. The van der Waals surface area contributed by atoms with Gasteiger partial charge in [0.05, 0.1) is 0 Å². The van der Waals surface area contributed by atoms with Crippen molar-refractivity contribution in [1.82, 2.24) is 25.0 Å². The summed E-state index contributed by atoms with van der Waals surface area (Å²) in [7, 11) is 1.78. The molecular formula is C20H24N6O. The number of anilines is 1. The van der Waals surface area contributed by atoms with E-state index in [0.29, 0.717) is 23.4 Å². The maximum Gasteiger partial charge on any atom is 0.277 e. The first kappa shape index (κ1) is 17.6. The average molecular weight is 364 g/mol. The Balaban J connectivity index is 1.56. The summed E-state index contributed by atoms with van der Waals surface area (Å²) in [6.07, 6.45) is 3.93. The van der Waals surface area contributed by atoms with Crippen molar-refractivity contribution in [3.05, 3.63) is 41.6 Å². The molecule has 0 saturated carbocycles. The molecule has 0 spiro atoms. The molecule has 0 atom stereocenters. The number of aromatic nitrogens is 4. The Morgan fingerprint density at radius 3 is 2.74 bits per heavy atom. The summed E-state index contributed by atoms with van der Waals surface area (Å²) >= 11 is 0. The van der Waals surface area contributed by atoms with E-state index in [1.54, 1.807) is 7.05 Å². The van der Waals surface area contributed by atoms with Crippen molar-refractivity contribution in [2.75, 3.05) is 25.5 Å². The van der Waals surface area contributed by atoms with Crippen LogP contribution in [0.4, 0.5) is 5.95 Å². The van der Waals surface area contributed by atoms with Crippen molar-refractivity contribution < 1.29 is 4.52 Å². The van der Waals surface area contributed by atoms with Gasteiger partial charge in [-0.15, -0.1) is 0 Å². The Bertz CT molecular complexity index is 916. The van der Waals surface area contributed by atoms with Gasteiger partial charge in [0.2, 0.25) is 11.8 Å². The predicted molar refractivity (Wildman–Crippen MR) is 104 cm³/mol. The molecule has 0 aliphatic carbocycles. The van der Waals surface area contributed by atoms with E-state index in [4.69, 9.17) is 4.52 Å². The summed E-state index contributed by atoms with van der Waals surface area (Å²) in [4.78, 5) is 15.7. The molecule has 1 fully saturated rings. The topological polar surface area (TPSA) is 80.0 Å². The summed E-state index contributed by atoms with van der Waals surface area (Å²) in [5.41, 5.74) is 3.69. The maximum absolute atomic E-state index is 5.46. The third-order valence-electron chi connectivity index (χ3n) is 4.76. The van der Waals surface area contributed by atoms with Crippen LogP contribution in [0.15, 0.2) is 34.9 Å². The van der Waals surface area contributed by atoms with Crippen LogP contribution in [0.5, 0.6) is 0 Å². The van der Waals surface area contributed by atoms with Crippen molar-refractivity contribution in [3.8, 4) is 23.0 Å². The molecule has 1 aliphatic rings. The lowest BCUT2D eigenvalue weighted by Gasteiger charge is -2.26. The van der Waals surface area contributed by atoms with E-state index in [1.165, 1.54) is 37.9 Å². The van der Waals surface area contributed by atoms with E-state index >= 15 is 0 Å². The smallest absolute Gasteiger partial charge is 0.277 e. The van der Waals surface area contributed by atoms with Gasteiger partial charge in [-0.2, -0.15) is 4.98 Å². The van der Waals surface area contributed by atoms with E-state index in [-0.39, 0.29) is 0 Å². The Hall–Kier alpha value is -2.80. The highest BCUT2D eigenvalue weighted by atomic mass is 16.5. The highest BCUT2D eigenvalue weighted by Crippen LogP contribution is 2.23. The summed E-state index contributed by atoms with van der Waals surface area (Å²) in [6.45, 7) is 5.23. The van der Waals surface area contributed by atoms with Gasteiger partial charge < -0.3 is 9.84 Å². The minimum Gasteiger partial charge on any atom is -0.357 e. The van der Waals surface area contributed by atoms with Crippen LogP contribution in [0.3, 0.4) is 0 Å². The zero-order valence-corrected chi connectivity index (χ0v) is 15.8. The van der Waals surface area contributed by atoms with Crippen molar-refractivity contribution in [3.63, 3.8) is 0 Å². The van der Waals surface area contributed by atoms with Crippen molar-refractivity contribution in [2.24, 2.45) is 0 Å². The molecule has 0 radical (unpaired) electrons. The van der Waals surface area contributed by atoms with E-state index in [2.05, 4.69) is 48.5 Å². The molecule has 7 nitrogen and oxygen atoms in total. The van der Waals surface area contributed by atoms with Gasteiger partial charge in [0.1, 0.15) is 5.69 Å². The largest absolute Gasteiger partial charge is 0.357 e. The molecule has 1 aliphatic heterocycles. The predicted octanol–water partition coefficient (Wildman–Crippen LogP) is 3.53. The lowest BCUT2D eigenvalue weighted by molar-refractivity contribution is 0.221. The van der Waals surface area contributed by atoms with Crippen LogP contribution in [0, 0.1) is 6.92 Å². The standard InChI is InChI=1S/C20H24N6O/c1-14-11-17(23-20(21-2)22-14)19-24-18(25-27-19)16-8-6-7-15(12-16)13-26-9-4-3-5-10-26/h6-8,11-12H,3-5,9-10,13H2,1-2H3,(H,21,22,23). The number of rotatable bonds is 5. The highest BCUT2D eigenvalue weighted by molar-refractivity contribution is 5.59. The van der Waals surface area contributed by atoms with Crippen molar-refractivity contribution in [1.29, 1.82) is 0 Å². The molecular weight excluding hydrogens is 340 g/mol. The van der Waals surface area contributed by atoms with E-state index in [1.807, 2.05) is 19.1 Å². The van der Waals surface area contributed by atoms with Gasteiger partial charge in [-0.25, -0.2) is 9.97 Å². The second kappa shape index (κ2) is 7.84. The summed E-state index contributed by atoms with van der Waals surface area (Å²) < 4.78 is 5.46. The molecule has 7 heteroatoms. The van der Waals surface area contributed by atoms with Crippen molar-refractivity contribution in [2.45, 2.75) is 32.7 Å². The molecule has 1 N–H and O–H groups in total. The number of hydrogen-bond acceptors (Lipinski definition) is 7. The highest BCUT2D eigenvalue weighted by Gasteiger charge is 2.15. The molecule has 2 aromatic heterocycles. The number of benzene rings is 1. The fourth-order valence-corrected chi connectivity index (χ4v) is 3.42. The van der Waals surface area contributed by atoms with E-state index < -0.39 is 0 Å². The first-order chi connectivity index (χ1) is 13.2. The molecule has 0 unspecified atom stereocenters. The van der Waals surface area contributed by atoms with E-state index in [9.17, 15) is 0 Å². The minimum absolute atomic E-state index is 0.397. The van der Waals surface area contributed by atoms with Gasteiger partial charge in [0.25, 0.3) is 5.89 Å². The zero-order chi connectivity index (χ0) is 18.6. The fourth-order valence-electron chi connectivity index (χ4n) is 3.42. The number of aryl methyl sites for hydroxylation is 1. The van der Waals surface area contributed by atoms with E-state index in [0.717, 1.165) is 17.8 Å². The molecule has 1 saturated heterocycles. The molecule has 3 heterocycles. The number of nitrogens with zero attached hydrogens (tertiary/aromatic N) is 5. The third kappa shape index (κ3) is 4.14. The number of likely N-dealkylation sites (tertiary alicyclic amines) is 1. The van der Waals surface area contributed by atoms with Gasteiger partial charge in [0.15, 0.2) is 0 Å². The SMILES string of the molecule is CNc1nc(C)cc(-c2nc(-c3cccc(CN4CCCCC4)c3)no2)n1. The maximum atomic E-state index is 5.46. The number of piperidine rings is 1. The van der Waals surface area contributed by atoms with Crippen LogP contribution < -0.4 is 5.32 Å². The summed E-state index contributed by atoms with van der Waals surface area (Å²) in [5.74, 6) is 1.51. The Kier molecular flexibility index (Phi) is 5.11. The van der Waals surface area contributed by atoms with Gasteiger partial charge in [-0.1, -0.05) is 29.8 Å². The fraction of sp³-hybridized carbons (Fsp3) is 0.400. The molecule has 0 bridgehead atoms. The quantitative estimate of drug-likeness (QED) is 0.742.